The van der Waals surface area contributed by atoms with Crippen LogP contribution >= 0.6 is 0 Å². The van der Waals surface area contributed by atoms with E-state index in [1.165, 1.54) is 5.56 Å². The predicted molar refractivity (Wildman–Crippen MR) is 80.0 cm³/mol. The van der Waals surface area contributed by atoms with E-state index in [9.17, 15) is 4.79 Å². The van der Waals surface area contributed by atoms with Gasteiger partial charge in [-0.2, -0.15) is 0 Å². The molecule has 1 saturated heterocycles. The first-order chi connectivity index (χ1) is 10.1. The van der Waals surface area contributed by atoms with E-state index in [0.29, 0.717) is 0 Å². The number of hydrogen-bond donors (Lipinski definition) is 1. The average molecular weight is 293 g/mol. The van der Waals surface area contributed by atoms with E-state index in [-0.39, 0.29) is 5.92 Å². The summed E-state index contributed by atoms with van der Waals surface area (Å²) in [6.45, 7) is 2.68. The Balaban J connectivity index is 1.85. The van der Waals surface area contributed by atoms with Crippen LogP contribution in [0, 0.1) is 5.92 Å². The van der Waals surface area contributed by atoms with Gasteiger partial charge in [-0.15, -0.1) is 0 Å². The van der Waals surface area contributed by atoms with Gasteiger partial charge in [0.05, 0.1) is 20.1 Å². The van der Waals surface area contributed by atoms with Crippen LogP contribution < -0.4 is 9.47 Å². The third-order valence-electron chi connectivity index (χ3n) is 4.10. The molecule has 21 heavy (non-hydrogen) atoms. The molecule has 116 valence electrons. The average Bonchev–Trinajstić information content (AvgIpc) is 2.52. The molecule has 0 atom stereocenters. The van der Waals surface area contributed by atoms with Crippen LogP contribution in [-0.4, -0.2) is 49.8 Å². The minimum atomic E-state index is -0.658. The van der Waals surface area contributed by atoms with Gasteiger partial charge in [0.1, 0.15) is 0 Å². The van der Waals surface area contributed by atoms with Gasteiger partial charge in [-0.1, -0.05) is 6.07 Å². The van der Waals surface area contributed by atoms with Crippen molar-refractivity contribution in [2.24, 2.45) is 5.92 Å². The summed E-state index contributed by atoms with van der Waals surface area (Å²) in [6, 6.07) is 5.97. The standard InChI is InChI=1S/C16H23NO4/c1-20-14-4-3-12(11-15(14)21-2)5-8-17-9-6-13(7-10-17)16(18)19/h3-4,11,13H,5-10H2,1-2H3,(H,18,19). The third-order valence-corrected chi connectivity index (χ3v) is 4.10. The van der Waals surface area contributed by atoms with Crippen molar-refractivity contribution >= 4 is 5.97 Å². The molecule has 0 radical (unpaired) electrons. The number of methoxy groups -OCH3 is 2. The van der Waals surface area contributed by atoms with Crippen LogP contribution in [0.2, 0.25) is 0 Å². The van der Waals surface area contributed by atoms with Crippen molar-refractivity contribution in [3.63, 3.8) is 0 Å². The Bertz CT molecular complexity index is 481. The topological polar surface area (TPSA) is 59.0 Å². The first-order valence-electron chi connectivity index (χ1n) is 7.30. The molecular weight excluding hydrogens is 270 g/mol. The summed E-state index contributed by atoms with van der Waals surface area (Å²) in [6.07, 6.45) is 2.43. The van der Waals surface area contributed by atoms with Crippen LogP contribution in [0.5, 0.6) is 11.5 Å². The quantitative estimate of drug-likeness (QED) is 0.870. The van der Waals surface area contributed by atoms with E-state index in [1.807, 2.05) is 18.2 Å². The summed E-state index contributed by atoms with van der Waals surface area (Å²) in [5.74, 6) is 0.667. The molecule has 1 heterocycles. The highest BCUT2D eigenvalue weighted by atomic mass is 16.5. The fourth-order valence-corrected chi connectivity index (χ4v) is 2.73. The summed E-state index contributed by atoms with van der Waals surface area (Å²) < 4.78 is 10.5. The number of rotatable bonds is 6. The van der Waals surface area contributed by atoms with E-state index < -0.39 is 5.97 Å². The Kier molecular flexibility index (Phi) is 5.44. The maximum atomic E-state index is 10.9. The van der Waals surface area contributed by atoms with Crippen molar-refractivity contribution in [3.05, 3.63) is 23.8 Å². The lowest BCUT2D eigenvalue weighted by Crippen LogP contribution is -2.37. The van der Waals surface area contributed by atoms with Crippen molar-refractivity contribution in [1.82, 2.24) is 4.90 Å². The zero-order valence-corrected chi connectivity index (χ0v) is 12.7. The minimum Gasteiger partial charge on any atom is -0.493 e. The van der Waals surface area contributed by atoms with Crippen molar-refractivity contribution in [1.29, 1.82) is 0 Å². The third kappa shape index (κ3) is 4.11. The van der Waals surface area contributed by atoms with Gasteiger partial charge in [0.25, 0.3) is 0 Å². The molecule has 1 aromatic carbocycles. The van der Waals surface area contributed by atoms with Gasteiger partial charge < -0.3 is 19.5 Å². The van der Waals surface area contributed by atoms with Crippen LogP contribution in [0.15, 0.2) is 18.2 Å². The molecule has 5 nitrogen and oxygen atoms in total. The maximum Gasteiger partial charge on any atom is 0.306 e. The van der Waals surface area contributed by atoms with Crippen LogP contribution in [-0.2, 0) is 11.2 Å². The van der Waals surface area contributed by atoms with Gasteiger partial charge in [0.2, 0.25) is 0 Å². The number of ether oxygens (including phenoxy) is 2. The molecule has 0 aromatic heterocycles. The monoisotopic (exact) mass is 293 g/mol. The molecule has 1 N–H and O–H groups in total. The number of nitrogens with zero attached hydrogens (tertiary/aromatic N) is 1. The zero-order valence-electron chi connectivity index (χ0n) is 12.7. The highest BCUT2D eigenvalue weighted by Crippen LogP contribution is 2.28. The van der Waals surface area contributed by atoms with Crippen molar-refractivity contribution in [2.45, 2.75) is 19.3 Å². The molecule has 0 aliphatic carbocycles. The second-order valence-electron chi connectivity index (χ2n) is 5.39. The molecule has 1 aliphatic rings. The van der Waals surface area contributed by atoms with Crippen LogP contribution in [0.3, 0.4) is 0 Å². The number of benzene rings is 1. The highest BCUT2D eigenvalue weighted by Gasteiger charge is 2.24. The van der Waals surface area contributed by atoms with E-state index >= 15 is 0 Å². The minimum absolute atomic E-state index is 0.165. The smallest absolute Gasteiger partial charge is 0.306 e. The van der Waals surface area contributed by atoms with Crippen molar-refractivity contribution in [2.75, 3.05) is 33.9 Å². The fraction of sp³-hybridized carbons (Fsp3) is 0.562. The van der Waals surface area contributed by atoms with Crippen molar-refractivity contribution < 1.29 is 19.4 Å². The van der Waals surface area contributed by atoms with Crippen molar-refractivity contribution in [3.8, 4) is 11.5 Å². The second-order valence-corrected chi connectivity index (χ2v) is 5.39. The van der Waals surface area contributed by atoms with E-state index in [4.69, 9.17) is 14.6 Å². The van der Waals surface area contributed by atoms with Crippen LogP contribution in [0.4, 0.5) is 0 Å². The maximum absolute atomic E-state index is 10.9. The number of likely N-dealkylation sites (tertiary alicyclic amines) is 1. The molecule has 1 aromatic rings. The first kappa shape index (κ1) is 15.6. The lowest BCUT2D eigenvalue weighted by atomic mass is 9.97. The van der Waals surface area contributed by atoms with E-state index in [2.05, 4.69) is 4.90 Å². The highest BCUT2D eigenvalue weighted by molar-refractivity contribution is 5.70. The summed E-state index contributed by atoms with van der Waals surface area (Å²) in [5.41, 5.74) is 1.20. The van der Waals surface area contributed by atoms with Gasteiger partial charge in [-0.3, -0.25) is 4.79 Å². The van der Waals surface area contributed by atoms with Gasteiger partial charge in [-0.05, 0) is 50.0 Å². The largest absolute Gasteiger partial charge is 0.493 e. The summed E-state index contributed by atoms with van der Waals surface area (Å²) in [4.78, 5) is 13.3. The summed E-state index contributed by atoms with van der Waals surface area (Å²) >= 11 is 0. The Labute approximate surface area is 125 Å². The SMILES string of the molecule is COc1ccc(CCN2CCC(C(=O)O)CC2)cc1OC. The van der Waals surface area contributed by atoms with Crippen LogP contribution in [0.1, 0.15) is 18.4 Å². The summed E-state index contributed by atoms with van der Waals surface area (Å²) in [7, 11) is 3.27. The fourth-order valence-electron chi connectivity index (χ4n) is 2.73. The molecule has 1 aliphatic heterocycles. The van der Waals surface area contributed by atoms with E-state index in [1.54, 1.807) is 14.2 Å². The van der Waals surface area contributed by atoms with E-state index in [0.717, 1.165) is 50.4 Å². The number of carboxylic acid groups (broad SMARTS) is 1. The molecule has 0 spiro atoms. The number of carboxylic acids is 1. The molecule has 0 saturated carbocycles. The Hall–Kier alpha value is -1.75. The Morgan fingerprint density at radius 1 is 1.24 bits per heavy atom. The Morgan fingerprint density at radius 3 is 2.48 bits per heavy atom. The number of carbonyl (C=O) groups is 1. The first-order valence-corrected chi connectivity index (χ1v) is 7.30. The molecule has 1 fully saturated rings. The normalized spacial score (nSPS) is 16.7. The predicted octanol–water partition coefficient (Wildman–Crippen LogP) is 2.04. The molecule has 0 amide bonds. The zero-order chi connectivity index (χ0) is 15.2. The van der Waals surface area contributed by atoms with Gasteiger partial charge in [0, 0.05) is 6.54 Å². The van der Waals surface area contributed by atoms with Crippen LogP contribution in [0.25, 0.3) is 0 Å². The molecule has 0 unspecified atom stereocenters. The molecule has 2 rings (SSSR count). The van der Waals surface area contributed by atoms with Gasteiger partial charge in [0.15, 0.2) is 11.5 Å². The second kappa shape index (κ2) is 7.31. The Morgan fingerprint density at radius 2 is 1.90 bits per heavy atom. The van der Waals surface area contributed by atoms with Gasteiger partial charge >= 0.3 is 5.97 Å². The number of piperidine rings is 1. The molecule has 0 bridgehead atoms. The number of hydrogen-bond acceptors (Lipinski definition) is 4. The van der Waals surface area contributed by atoms with Gasteiger partial charge in [-0.25, -0.2) is 0 Å². The summed E-state index contributed by atoms with van der Waals surface area (Å²) in [5, 5.41) is 9.00. The molecule has 5 heteroatoms. The number of aliphatic carboxylic acids is 1. The lowest BCUT2D eigenvalue weighted by molar-refractivity contribution is -0.143. The molecular formula is C16H23NO4. The lowest BCUT2D eigenvalue weighted by Gasteiger charge is -2.30.